The maximum Gasteiger partial charge on any atom is 0.347 e. The molecule has 0 heterocycles. The maximum absolute atomic E-state index is 12.8. The van der Waals surface area contributed by atoms with E-state index in [1.807, 2.05) is 6.07 Å². The number of anilines is 1. The molecule has 0 unspecified atom stereocenters. The van der Waals surface area contributed by atoms with E-state index < -0.39 is 30.4 Å². The molecule has 0 radical (unpaired) electrons. The van der Waals surface area contributed by atoms with Gasteiger partial charge in [-0.25, -0.2) is 9.18 Å². The van der Waals surface area contributed by atoms with Gasteiger partial charge in [-0.3, -0.25) is 4.79 Å². The molecule has 0 fully saturated rings. The van der Waals surface area contributed by atoms with E-state index in [4.69, 9.17) is 26.3 Å². The summed E-state index contributed by atoms with van der Waals surface area (Å²) >= 11 is 5.83. The summed E-state index contributed by atoms with van der Waals surface area (Å²) in [4.78, 5) is 23.8. The summed E-state index contributed by atoms with van der Waals surface area (Å²) in [5.74, 6) is -1.54. The Labute approximate surface area is 154 Å². The van der Waals surface area contributed by atoms with Gasteiger partial charge in [0, 0.05) is 5.02 Å². The number of benzene rings is 2. The zero-order valence-electron chi connectivity index (χ0n) is 13.7. The molecule has 2 aromatic carbocycles. The van der Waals surface area contributed by atoms with Gasteiger partial charge >= 0.3 is 5.97 Å². The number of amides is 1. The van der Waals surface area contributed by atoms with Crippen LogP contribution in [0.3, 0.4) is 0 Å². The van der Waals surface area contributed by atoms with E-state index in [9.17, 15) is 14.0 Å². The quantitative estimate of drug-likeness (QED) is 0.781. The normalized spacial score (nSPS) is 11.2. The molecule has 0 aromatic heterocycles. The molecule has 2 aromatic rings. The Kier molecular flexibility index (Phi) is 6.53. The second kappa shape index (κ2) is 8.83. The monoisotopic (exact) mass is 376 g/mol. The molecular formula is C18H14ClFN2O4. The van der Waals surface area contributed by atoms with Crippen LogP contribution in [0.2, 0.25) is 5.02 Å². The first-order valence-electron chi connectivity index (χ1n) is 7.47. The summed E-state index contributed by atoms with van der Waals surface area (Å²) < 4.78 is 23.0. The van der Waals surface area contributed by atoms with E-state index in [1.165, 1.54) is 49.4 Å². The molecule has 0 aliphatic rings. The number of ether oxygens (including phenoxy) is 2. The van der Waals surface area contributed by atoms with Gasteiger partial charge in [-0.05, 0) is 49.4 Å². The van der Waals surface area contributed by atoms with Crippen molar-refractivity contribution >= 4 is 29.2 Å². The summed E-state index contributed by atoms with van der Waals surface area (Å²) in [7, 11) is 0. The zero-order chi connectivity index (χ0) is 19.1. The van der Waals surface area contributed by atoms with E-state index in [2.05, 4.69) is 5.32 Å². The van der Waals surface area contributed by atoms with Gasteiger partial charge in [0.1, 0.15) is 17.6 Å². The van der Waals surface area contributed by atoms with Crippen molar-refractivity contribution in [2.24, 2.45) is 0 Å². The Bertz CT molecular complexity index is 849. The number of esters is 1. The summed E-state index contributed by atoms with van der Waals surface area (Å²) in [5.41, 5.74) is 0.443. The zero-order valence-corrected chi connectivity index (χ0v) is 14.4. The minimum Gasteiger partial charge on any atom is -0.479 e. The predicted octanol–water partition coefficient (Wildman–Crippen LogP) is 3.30. The van der Waals surface area contributed by atoms with E-state index in [-0.39, 0.29) is 17.0 Å². The highest BCUT2D eigenvalue weighted by Gasteiger charge is 2.18. The second-order valence-corrected chi connectivity index (χ2v) is 5.61. The number of rotatable bonds is 6. The number of carbonyl (C=O) groups excluding carboxylic acids is 2. The summed E-state index contributed by atoms with van der Waals surface area (Å²) in [6, 6.07) is 11.4. The SMILES string of the molecule is C[C@@H](Oc1ccc(F)cc1)C(=O)OCC(=O)Nc1cc(Cl)ccc1C#N. The Hall–Kier alpha value is -3.11. The third-order valence-corrected chi connectivity index (χ3v) is 3.42. The first-order chi connectivity index (χ1) is 12.4. The number of hydrogen-bond acceptors (Lipinski definition) is 5. The molecule has 0 saturated heterocycles. The predicted molar refractivity (Wildman–Crippen MR) is 92.2 cm³/mol. The van der Waals surface area contributed by atoms with Gasteiger partial charge in [0.05, 0.1) is 11.3 Å². The van der Waals surface area contributed by atoms with Crippen LogP contribution in [-0.4, -0.2) is 24.6 Å². The first kappa shape index (κ1) is 19.2. The van der Waals surface area contributed by atoms with Gasteiger partial charge in [-0.15, -0.1) is 0 Å². The lowest BCUT2D eigenvalue weighted by molar-refractivity contribution is -0.153. The van der Waals surface area contributed by atoms with Crippen LogP contribution in [0, 0.1) is 17.1 Å². The fraction of sp³-hybridized carbons (Fsp3) is 0.167. The van der Waals surface area contributed by atoms with E-state index >= 15 is 0 Å². The van der Waals surface area contributed by atoms with Gasteiger partial charge in [-0.1, -0.05) is 11.6 Å². The lowest BCUT2D eigenvalue weighted by atomic mass is 10.2. The van der Waals surface area contributed by atoms with Crippen LogP contribution in [-0.2, 0) is 14.3 Å². The largest absolute Gasteiger partial charge is 0.479 e. The summed E-state index contributed by atoms with van der Waals surface area (Å²) in [6.07, 6.45) is -0.992. The average Bonchev–Trinajstić information content (AvgIpc) is 2.61. The number of nitrogens with zero attached hydrogens (tertiary/aromatic N) is 1. The molecule has 2 rings (SSSR count). The summed E-state index contributed by atoms with van der Waals surface area (Å²) in [6.45, 7) is 0.877. The van der Waals surface area contributed by atoms with Gasteiger partial charge in [0.15, 0.2) is 12.7 Å². The molecule has 0 aliphatic heterocycles. The lowest BCUT2D eigenvalue weighted by Crippen LogP contribution is -2.29. The second-order valence-electron chi connectivity index (χ2n) is 5.17. The average molecular weight is 377 g/mol. The van der Waals surface area contributed by atoms with Crippen LogP contribution in [0.25, 0.3) is 0 Å². The number of nitriles is 1. The van der Waals surface area contributed by atoms with Gasteiger partial charge in [0.25, 0.3) is 5.91 Å². The van der Waals surface area contributed by atoms with Gasteiger partial charge in [-0.2, -0.15) is 5.26 Å². The minimum absolute atomic E-state index is 0.219. The third-order valence-electron chi connectivity index (χ3n) is 3.18. The Morgan fingerprint density at radius 2 is 1.96 bits per heavy atom. The van der Waals surface area contributed by atoms with Gasteiger partial charge in [0.2, 0.25) is 0 Å². The third kappa shape index (κ3) is 5.46. The highest BCUT2D eigenvalue weighted by molar-refractivity contribution is 6.31. The molecule has 8 heteroatoms. The van der Waals surface area contributed by atoms with Crippen LogP contribution in [0.15, 0.2) is 42.5 Å². The molecule has 1 atom stereocenters. The van der Waals surface area contributed by atoms with Crippen molar-refractivity contribution in [1.82, 2.24) is 0 Å². The molecule has 0 saturated carbocycles. The van der Waals surface area contributed by atoms with Crippen LogP contribution >= 0.6 is 11.6 Å². The fourth-order valence-electron chi connectivity index (χ4n) is 1.92. The lowest BCUT2D eigenvalue weighted by Gasteiger charge is -2.14. The highest BCUT2D eigenvalue weighted by atomic mass is 35.5. The van der Waals surface area contributed by atoms with E-state index in [0.29, 0.717) is 5.02 Å². The van der Waals surface area contributed by atoms with Crippen molar-refractivity contribution in [3.05, 3.63) is 58.9 Å². The standard InChI is InChI=1S/C18H14ClFN2O4/c1-11(26-15-6-4-14(20)5-7-15)18(24)25-10-17(23)22-16-8-13(19)3-2-12(16)9-21/h2-8,11H,10H2,1H3,(H,22,23)/t11-/m1/s1. The molecule has 6 nitrogen and oxygen atoms in total. The summed E-state index contributed by atoms with van der Waals surface area (Å²) in [5, 5.41) is 11.8. The van der Waals surface area contributed by atoms with Crippen molar-refractivity contribution in [3.8, 4) is 11.8 Å². The van der Waals surface area contributed by atoms with Crippen LogP contribution < -0.4 is 10.1 Å². The van der Waals surface area contributed by atoms with E-state index in [1.54, 1.807) is 0 Å². The van der Waals surface area contributed by atoms with Crippen LogP contribution in [0.5, 0.6) is 5.75 Å². The number of halogens is 2. The Balaban J connectivity index is 1.86. The number of carbonyl (C=O) groups is 2. The maximum atomic E-state index is 12.8. The molecule has 26 heavy (non-hydrogen) atoms. The minimum atomic E-state index is -0.992. The highest BCUT2D eigenvalue weighted by Crippen LogP contribution is 2.20. The number of nitrogens with one attached hydrogen (secondary N) is 1. The fourth-order valence-corrected chi connectivity index (χ4v) is 2.10. The van der Waals surface area contributed by atoms with Crippen LogP contribution in [0.4, 0.5) is 10.1 Å². The van der Waals surface area contributed by atoms with Crippen molar-refractivity contribution in [3.63, 3.8) is 0 Å². The molecule has 1 amide bonds. The molecular weight excluding hydrogens is 363 g/mol. The number of hydrogen-bond donors (Lipinski definition) is 1. The molecule has 1 N–H and O–H groups in total. The molecule has 134 valence electrons. The van der Waals surface area contributed by atoms with E-state index in [0.717, 1.165) is 0 Å². The molecule has 0 spiro atoms. The van der Waals surface area contributed by atoms with Crippen molar-refractivity contribution in [2.75, 3.05) is 11.9 Å². The van der Waals surface area contributed by atoms with Crippen LogP contribution in [0.1, 0.15) is 12.5 Å². The molecule has 0 aliphatic carbocycles. The van der Waals surface area contributed by atoms with Crippen molar-refractivity contribution in [1.29, 1.82) is 5.26 Å². The van der Waals surface area contributed by atoms with Crippen molar-refractivity contribution < 1.29 is 23.5 Å². The Morgan fingerprint density at radius 3 is 2.62 bits per heavy atom. The first-order valence-corrected chi connectivity index (χ1v) is 7.85. The van der Waals surface area contributed by atoms with Crippen molar-refractivity contribution in [2.45, 2.75) is 13.0 Å². The Morgan fingerprint density at radius 1 is 1.27 bits per heavy atom. The molecule has 0 bridgehead atoms. The van der Waals surface area contributed by atoms with Gasteiger partial charge < -0.3 is 14.8 Å². The smallest absolute Gasteiger partial charge is 0.347 e. The topological polar surface area (TPSA) is 88.4 Å².